The smallest absolute Gasteiger partial charge is 0.259 e. The van der Waals surface area contributed by atoms with Crippen molar-refractivity contribution >= 4 is 5.91 Å². The van der Waals surface area contributed by atoms with Crippen molar-refractivity contribution in [2.75, 3.05) is 6.54 Å². The van der Waals surface area contributed by atoms with Crippen LogP contribution in [0.2, 0.25) is 0 Å². The predicted molar refractivity (Wildman–Crippen MR) is 87.9 cm³/mol. The predicted octanol–water partition coefficient (Wildman–Crippen LogP) is 2.86. The summed E-state index contributed by atoms with van der Waals surface area (Å²) in [4.78, 5) is 23.0. The highest BCUT2D eigenvalue weighted by Crippen LogP contribution is 2.34. The van der Waals surface area contributed by atoms with Crippen LogP contribution in [0.4, 0.5) is 0 Å². The van der Waals surface area contributed by atoms with Gasteiger partial charge in [0.1, 0.15) is 0 Å². The number of pyridine rings is 1. The third kappa shape index (κ3) is 3.47. The molecule has 1 aliphatic carbocycles. The molecular weight excluding hydrogens is 304 g/mol. The fraction of sp³-hybridized carbons (Fsp3) is 0.556. The zero-order valence-corrected chi connectivity index (χ0v) is 13.7. The molecule has 0 bridgehead atoms. The summed E-state index contributed by atoms with van der Waals surface area (Å²) in [5.74, 6) is 2.20. The molecule has 4 rings (SSSR count). The Morgan fingerprint density at radius 3 is 3.04 bits per heavy atom. The lowest BCUT2D eigenvalue weighted by atomic mass is 10.1. The number of carbonyl (C=O) groups is 1. The SMILES string of the molecule is O=C(CC1CC1)N1CCCC1CCc1noc(-c2cccnc2)n1. The van der Waals surface area contributed by atoms with Gasteiger partial charge in [0.25, 0.3) is 5.89 Å². The zero-order valence-electron chi connectivity index (χ0n) is 13.7. The summed E-state index contributed by atoms with van der Waals surface area (Å²) in [7, 11) is 0. The number of aryl methyl sites for hydroxylation is 1. The van der Waals surface area contributed by atoms with Crippen molar-refractivity contribution in [3.8, 4) is 11.5 Å². The van der Waals surface area contributed by atoms with E-state index in [0.717, 1.165) is 44.2 Å². The molecule has 1 aliphatic heterocycles. The van der Waals surface area contributed by atoms with Crippen LogP contribution in [0.25, 0.3) is 11.5 Å². The second-order valence-corrected chi connectivity index (χ2v) is 6.83. The first-order valence-electron chi connectivity index (χ1n) is 8.82. The Hall–Kier alpha value is -2.24. The molecule has 3 heterocycles. The first kappa shape index (κ1) is 15.3. The van der Waals surface area contributed by atoms with Gasteiger partial charge in [-0.25, -0.2) is 0 Å². The van der Waals surface area contributed by atoms with E-state index in [0.29, 0.717) is 29.6 Å². The first-order chi connectivity index (χ1) is 11.8. The Balaban J connectivity index is 1.34. The maximum Gasteiger partial charge on any atom is 0.259 e. The van der Waals surface area contributed by atoms with Gasteiger partial charge in [-0.15, -0.1) is 0 Å². The average Bonchev–Trinajstić information content (AvgIpc) is 3.12. The number of rotatable bonds is 6. The molecule has 1 saturated carbocycles. The van der Waals surface area contributed by atoms with Gasteiger partial charge in [-0.05, 0) is 50.2 Å². The number of nitrogens with zero attached hydrogens (tertiary/aromatic N) is 4. The molecule has 1 amide bonds. The topological polar surface area (TPSA) is 72.1 Å². The second kappa shape index (κ2) is 6.71. The maximum absolute atomic E-state index is 12.4. The minimum atomic E-state index is 0.330. The van der Waals surface area contributed by atoms with Crippen LogP contribution in [0.1, 0.15) is 44.3 Å². The fourth-order valence-electron chi connectivity index (χ4n) is 3.41. The van der Waals surface area contributed by atoms with E-state index in [1.165, 1.54) is 12.8 Å². The van der Waals surface area contributed by atoms with E-state index in [1.54, 1.807) is 12.4 Å². The van der Waals surface area contributed by atoms with Gasteiger partial charge in [0.05, 0.1) is 5.56 Å². The lowest BCUT2D eigenvalue weighted by Gasteiger charge is -2.24. The van der Waals surface area contributed by atoms with E-state index < -0.39 is 0 Å². The summed E-state index contributed by atoms with van der Waals surface area (Å²) < 4.78 is 5.32. The molecule has 0 radical (unpaired) electrons. The quantitative estimate of drug-likeness (QED) is 0.816. The van der Waals surface area contributed by atoms with Crippen molar-refractivity contribution in [1.82, 2.24) is 20.0 Å². The van der Waals surface area contributed by atoms with Crippen molar-refractivity contribution in [3.63, 3.8) is 0 Å². The van der Waals surface area contributed by atoms with Crippen LogP contribution in [0.5, 0.6) is 0 Å². The van der Waals surface area contributed by atoms with Crippen molar-refractivity contribution in [2.45, 2.75) is 51.0 Å². The van der Waals surface area contributed by atoms with Crippen LogP contribution in [0.3, 0.4) is 0 Å². The molecule has 2 aromatic rings. The third-order valence-electron chi connectivity index (χ3n) is 4.94. The molecule has 126 valence electrons. The highest BCUT2D eigenvalue weighted by atomic mass is 16.5. The molecule has 6 nitrogen and oxygen atoms in total. The van der Waals surface area contributed by atoms with Crippen LogP contribution >= 0.6 is 0 Å². The van der Waals surface area contributed by atoms with Crippen molar-refractivity contribution in [1.29, 1.82) is 0 Å². The standard InChI is InChI=1S/C18H22N4O2/c23-17(11-13-5-6-13)22-10-2-4-15(22)7-8-16-20-18(24-21-16)14-3-1-9-19-12-14/h1,3,9,12-13,15H,2,4-8,10-11H2. The van der Waals surface area contributed by atoms with Gasteiger partial charge in [-0.1, -0.05) is 5.16 Å². The molecule has 24 heavy (non-hydrogen) atoms. The maximum atomic E-state index is 12.4. The van der Waals surface area contributed by atoms with E-state index in [9.17, 15) is 4.79 Å². The minimum absolute atomic E-state index is 0.330. The number of aromatic nitrogens is 3. The van der Waals surface area contributed by atoms with Gasteiger partial charge in [-0.2, -0.15) is 4.98 Å². The summed E-state index contributed by atoms with van der Waals surface area (Å²) in [6.45, 7) is 0.906. The Morgan fingerprint density at radius 2 is 2.25 bits per heavy atom. The molecule has 0 N–H and O–H groups in total. The number of amides is 1. The third-order valence-corrected chi connectivity index (χ3v) is 4.94. The van der Waals surface area contributed by atoms with Crippen LogP contribution in [-0.4, -0.2) is 38.5 Å². The normalized spacial score (nSPS) is 20.5. The highest BCUT2D eigenvalue weighted by molar-refractivity contribution is 5.77. The van der Waals surface area contributed by atoms with Crippen LogP contribution < -0.4 is 0 Å². The molecule has 0 aromatic carbocycles. The molecule has 0 spiro atoms. The van der Waals surface area contributed by atoms with Crippen LogP contribution in [-0.2, 0) is 11.2 Å². The molecule has 1 saturated heterocycles. The van der Waals surface area contributed by atoms with Gasteiger partial charge in [0.15, 0.2) is 5.82 Å². The van der Waals surface area contributed by atoms with E-state index in [2.05, 4.69) is 20.0 Å². The molecule has 2 fully saturated rings. The Labute approximate surface area is 141 Å². The van der Waals surface area contributed by atoms with Crippen molar-refractivity contribution < 1.29 is 9.32 Å². The molecule has 2 aliphatic rings. The van der Waals surface area contributed by atoms with Gasteiger partial charge >= 0.3 is 0 Å². The van der Waals surface area contributed by atoms with Crippen molar-refractivity contribution in [2.24, 2.45) is 5.92 Å². The van der Waals surface area contributed by atoms with Crippen LogP contribution in [0, 0.1) is 5.92 Å². The molecule has 6 heteroatoms. The van der Waals surface area contributed by atoms with E-state index in [1.807, 2.05) is 12.1 Å². The molecule has 2 aromatic heterocycles. The Kier molecular flexibility index (Phi) is 4.28. The summed E-state index contributed by atoms with van der Waals surface area (Å²) in [5.41, 5.74) is 0.832. The minimum Gasteiger partial charge on any atom is -0.340 e. The molecule has 1 atom stereocenters. The van der Waals surface area contributed by atoms with Gasteiger partial charge in [0, 0.05) is 37.8 Å². The van der Waals surface area contributed by atoms with Crippen molar-refractivity contribution in [3.05, 3.63) is 30.4 Å². The summed E-state index contributed by atoms with van der Waals surface area (Å²) in [6.07, 6.45) is 10.5. The second-order valence-electron chi connectivity index (χ2n) is 6.83. The number of hydrogen-bond acceptors (Lipinski definition) is 5. The fourth-order valence-corrected chi connectivity index (χ4v) is 3.41. The lowest BCUT2D eigenvalue weighted by Crippen LogP contribution is -2.36. The van der Waals surface area contributed by atoms with Crippen LogP contribution in [0.15, 0.2) is 29.0 Å². The van der Waals surface area contributed by atoms with E-state index in [-0.39, 0.29) is 0 Å². The Bertz CT molecular complexity index is 696. The monoisotopic (exact) mass is 326 g/mol. The van der Waals surface area contributed by atoms with Gasteiger partial charge in [0.2, 0.25) is 5.91 Å². The summed E-state index contributed by atoms with van der Waals surface area (Å²) in [5, 5.41) is 4.06. The summed E-state index contributed by atoms with van der Waals surface area (Å²) >= 11 is 0. The van der Waals surface area contributed by atoms with E-state index >= 15 is 0 Å². The first-order valence-corrected chi connectivity index (χ1v) is 8.82. The number of carbonyl (C=O) groups excluding carboxylic acids is 1. The largest absolute Gasteiger partial charge is 0.340 e. The Morgan fingerprint density at radius 1 is 1.33 bits per heavy atom. The highest BCUT2D eigenvalue weighted by Gasteiger charge is 2.32. The van der Waals surface area contributed by atoms with Gasteiger partial charge < -0.3 is 9.42 Å². The lowest BCUT2D eigenvalue weighted by molar-refractivity contribution is -0.132. The van der Waals surface area contributed by atoms with E-state index in [4.69, 9.17) is 4.52 Å². The average molecular weight is 326 g/mol. The zero-order chi connectivity index (χ0) is 16.4. The molecule has 1 unspecified atom stereocenters. The number of likely N-dealkylation sites (tertiary alicyclic amines) is 1. The van der Waals surface area contributed by atoms with Gasteiger partial charge in [-0.3, -0.25) is 9.78 Å². The molecular formula is C18H22N4O2. The number of hydrogen-bond donors (Lipinski definition) is 0. The summed E-state index contributed by atoms with van der Waals surface area (Å²) in [6, 6.07) is 4.08.